The highest BCUT2D eigenvalue weighted by molar-refractivity contribution is 5.94. The summed E-state index contributed by atoms with van der Waals surface area (Å²) in [5, 5.41) is 13.5. The van der Waals surface area contributed by atoms with Gasteiger partial charge in [-0.2, -0.15) is 5.10 Å². The molecule has 0 saturated carbocycles. The molecule has 0 amide bonds. The van der Waals surface area contributed by atoms with E-state index in [1.807, 2.05) is 13.8 Å². The number of carboxylic acid groups (broad SMARTS) is 1. The number of aromatic nitrogens is 2. The highest BCUT2D eigenvalue weighted by atomic mass is 19.1. The monoisotopic (exact) mass is 262 g/mol. The zero-order valence-electron chi connectivity index (χ0n) is 11.0. The SMILES string of the molecule is Cc1cc(-c2nn(C(C)C)cc2C(=O)O)ccc1F. The molecule has 0 atom stereocenters. The van der Waals surface area contributed by atoms with Crippen molar-refractivity contribution < 1.29 is 14.3 Å². The third-order valence-electron chi connectivity index (χ3n) is 2.92. The van der Waals surface area contributed by atoms with Gasteiger partial charge in [-0.15, -0.1) is 0 Å². The Morgan fingerprint density at radius 1 is 1.42 bits per heavy atom. The van der Waals surface area contributed by atoms with E-state index < -0.39 is 5.97 Å². The minimum atomic E-state index is -1.04. The second-order valence-corrected chi connectivity index (χ2v) is 4.73. The van der Waals surface area contributed by atoms with Crippen molar-refractivity contribution in [3.8, 4) is 11.3 Å². The van der Waals surface area contributed by atoms with Crippen LogP contribution in [0.4, 0.5) is 4.39 Å². The number of halogens is 1. The zero-order valence-corrected chi connectivity index (χ0v) is 11.0. The van der Waals surface area contributed by atoms with Crippen molar-refractivity contribution in [2.75, 3.05) is 0 Å². The van der Waals surface area contributed by atoms with E-state index in [0.717, 1.165) is 0 Å². The zero-order chi connectivity index (χ0) is 14.2. The fraction of sp³-hybridized carbons (Fsp3) is 0.286. The van der Waals surface area contributed by atoms with E-state index in [-0.39, 0.29) is 17.4 Å². The number of aryl methyl sites for hydroxylation is 1. The molecule has 0 spiro atoms. The summed E-state index contributed by atoms with van der Waals surface area (Å²) in [6.45, 7) is 5.47. The Kier molecular flexibility index (Phi) is 3.38. The molecular formula is C14H15FN2O2. The normalized spacial score (nSPS) is 11.0. The molecule has 0 aliphatic carbocycles. The van der Waals surface area contributed by atoms with E-state index >= 15 is 0 Å². The van der Waals surface area contributed by atoms with Crippen LogP contribution in [0.2, 0.25) is 0 Å². The van der Waals surface area contributed by atoms with Crippen molar-refractivity contribution in [3.63, 3.8) is 0 Å². The predicted octanol–water partition coefficient (Wildman–Crippen LogP) is 3.28. The number of nitrogens with zero attached hydrogens (tertiary/aromatic N) is 2. The topological polar surface area (TPSA) is 55.1 Å². The molecule has 5 heteroatoms. The van der Waals surface area contributed by atoms with Gasteiger partial charge in [0.2, 0.25) is 0 Å². The highest BCUT2D eigenvalue weighted by Gasteiger charge is 2.18. The van der Waals surface area contributed by atoms with Crippen LogP contribution in [0.3, 0.4) is 0 Å². The molecule has 100 valence electrons. The summed E-state index contributed by atoms with van der Waals surface area (Å²) in [6.07, 6.45) is 1.50. The van der Waals surface area contributed by atoms with Crippen LogP contribution in [0.5, 0.6) is 0 Å². The van der Waals surface area contributed by atoms with Crippen molar-refractivity contribution in [1.29, 1.82) is 0 Å². The molecule has 0 radical (unpaired) electrons. The summed E-state index contributed by atoms with van der Waals surface area (Å²) < 4.78 is 14.9. The fourth-order valence-corrected chi connectivity index (χ4v) is 1.82. The molecule has 1 aromatic carbocycles. The summed E-state index contributed by atoms with van der Waals surface area (Å²) in [5.41, 5.74) is 1.56. The van der Waals surface area contributed by atoms with Gasteiger partial charge in [-0.25, -0.2) is 9.18 Å². The molecule has 0 aliphatic heterocycles. The molecule has 1 N–H and O–H groups in total. The van der Waals surface area contributed by atoms with E-state index in [9.17, 15) is 14.3 Å². The molecule has 0 saturated heterocycles. The van der Waals surface area contributed by atoms with Crippen LogP contribution in [0.25, 0.3) is 11.3 Å². The van der Waals surface area contributed by atoms with Crippen LogP contribution in [0.15, 0.2) is 24.4 Å². The van der Waals surface area contributed by atoms with Crippen LogP contribution in [0, 0.1) is 12.7 Å². The van der Waals surface area contributed by atoms with Crippen LogP contribution < -0.4 is 0 Å². The molecule has 19 heavy (non-hydrogen) atoms. The number of hydrogen-bond acceptors (Lipinski definition) is 2. The largest absolute Gasteiger partial charge is 0.478 e. The van der Waals surface area contributed by atoms with Crippen LogP contribution in [-0.2, 0) is 0 Å². The summed E-state index contributed by atoms with van der Waals surface area (Å²) >= 11 is 0. The van der Waals surface area contributed by atoms with Crippen molar-refractivity contribution in [2.24, 2.45) is 0 Å². The van der Waals surface area contributed by atoms with Crippen LogP contribution in [-0.4, -0.2) is 20.9 Å². The third kappa shape index (κ3) is 2.50. The summed E-state index contributed by atoms with van der Waals surface area (Å²) in [4.78, 5) is 11.3. The number of carbonyl (C=O) groups is 1. The first-order chi connectivity index (χ1) is 8.90. The average molecular weight is 262 g/mol. The minimum absolute atomic E-state index is 0.0633. The van der Waals surface area contributed by atoms with Gasteiger partial charge in [0.05, 0.1) is 0 Å². The van der Waals surface area contributed by atoms with Crippen molar-refractivity contribution in [3.05, 3.63) is 41.3 Å². The van der Waals surface area contributed by atoms with Gasteiger partial charge in [-0.3, -0.25) is 4.68 Å². The molecule has 0 bridgehead atoms. The third-order valence-corrected chi connectivity index (χ3v) is 2.92. The van der Waals surface area contributed by atoms with Gasteiger partial charge < -0.3 is 5.11 Å². The van der Waals surface area contributed by atoms with Crippen molar-refractivity contribution >= 4 is 5.97 Å². The van der Waals surface area contributed by atoms with E-state index in [0.29, 0.717) is 16.8 Å². The average Bonchev–Trinajstić information content (AvgIpc) is 2.78. The van der Waals surface area contributed by atoms with E-state index in [4.69, 9.17) is 0 Å². The van der Waals surface area contributed by atoms with Crippen molar-refractivity contribution in [2.45, 2.75) is 26.8 Å². The summed E-state index contributed by atoms with van der Waals surface area (Å²) in [7, 11) is 0. The number of hydrogen-bond donors (Lipinski definition) is 1. The van der Waals surface area contributed by atoms with Gasteiger partial charge in [-0.05, 0) is 44.5 Å². The minimum Gasteiger partial charge on any atom is -0.478 e. The molecule has 0 unspecified atom stereocenters. The number of aromatic carboxylic acids is 1. The second-order valence-electron chi connectivity index (χ2n) is 4.73. The molecule has 2 aromatic rings. The molecule has 0 aliphatic rings. The quantitative estimate of drug-likeness (QED) is 0.923. The smallest absolute Gasteiger partial charge is 0.339 e. The first kappa shape index (κ1) is 13.3. The van der Waals surface area contributed by atoms with Crippen LogP contribution >= 0.6 is 0 Å². The maximum absolute atomic E-state index is 13.3. The van der Waals surface area contributed by atoms with Gasteiger partial charge in [0.1, 0.15) is 17.1 Å². The predicted molar refractivity (Wildman–Crippen MR) is 69.7 cm³/mol. The Morgan fingerprint density at radius 2 is 2.11 bits per heavy atom. The highest BCUT2D eigenvalue weighted by Crippen LogP contribution is 2.25. The molecule has 4 nitrogen and oxygen atoms in total. The first-order valence-corrected chi connectivity index (χ1v) is 5.99. The van der Waals surface area contributed by atoms with Gasteiger partial charge in [0.15, 0.2) is 0 Å². The van der Waals surface area contributed by atoms with E-state index in [1.54, 1.807) is 23.7 Å². The van der Waals surface area contributed by atoms with Gasteiger partial charge in [0.25, 0.3) is 0 Å². The van der Waals surface area contributed by atoms with Gasteiger partial charge in [0, 0.05) is 17.8 Å². The lowest BCUT2D eigenvalue weighted by molar-refractivity contribution is 0.0697. The van der Waals surface area contributed by atoms with E-state index in [2.05, 4.69) is 5.10 Å². The maximum Gasteiger partial charge on any atom is 0.339 e. The molecule has 1 aromatic heterocycles. The molecule has 0 fully saturated rings. The number of carboxylic acids is 1. The van der Waals surface area contributed by atoms with E-state index in [1.165, 1.54) is 12.3 Å². The Balaban J connectivity index is 2.59. The Labute approximate surface area is 110 Å². The molecule has 2 rings (SSSR count). The lowest BCUT2D eigenvalue weighted by atomic mass is 10.1. The number of benzene rings is 1. The Morgan fingerprint density at radius 3 is 2.63 bits per heavy atom. The first-order valence-electron chi connectivity index (χ1n) is 5.99. The van der Waals surface area contributed by atoms with Gasteiger partial charge >= 0.3 is 5.97 Å². The molecule has 1 heterocycles. The summed E-state index contributed by atoms with van der Waals surface area (Å²) in [5.74, 6) is -1.35. The van der Waals surface area contributed by atoms with Crippen molar-refractivity contribution in [1.82, 2.24) is 9.78 Å². The summed E-state index contributed by atoms with van der Waals surface area (Å²) in [6, 6.07) is 4.54. The van der Waals surface area contributed by atoms with Gasteiger partial charge in [-0.1, -0.05) is 0 Å². The standard InChI is InChI=1S/C14H15FN2O2/c1-8(2)17-7-11(14(18)19)13(16-17)10-4-5-12(15)9(3)6-10/h4-8H,1-3H3,(H,18,19). The Hall–Kier alpha value is -2.17. The lowest BCUT2D eigenvalue weighted by Crippen LogP contribution is -2.00. The maximum atomic E-state index is 13.3. The Bertz CT molecular complexity index is 632. The van der Waals surface area contributed by atoms with Crippen LogP contribution in [0.1, 0.15) is 35.8 Å². The number of rotatable bonds is 3. The molecular weight excluding hydrogens is 247 g/mol. The second kappa shape index (κ2) is 4.84. The lowest BCUT2D eigenvalue weighted by Gasteiger charge is -2.04. The fourth-order valence-electron chi connectivity index (χ4n) is 1.82.